The minimum Gasteiger partial charge on any atom is -0.459 e. The van der Waals surface area contributed by atoms with Gasteiger partial charge in [0.15, 0.2) is 5.82 Å². The van der Waals surface area contributed by atoms with Crippen LogP contribution < -0.4 is 0 Å². The lowest BCUT2D eigenvalue weighted by molar-refractivity contribution is -0.160. The first-order valence-corrected chi connectivity index (χ1v) is 15.0. The molecule has 0 unspecified atom stereocenters. The molecule has 0 N–H and O–H groups in total. The Balaban J connectivity index is 1.52. The first-order chi connectivity index (χ1) is 19.5. The number of aromatic nitrogens is 2. The van der Waals surface area contributed by atoms with Gasteiger partial charge in [-0.3, -0.25) is 4.79 Å². The number of carbonyl (C=O) groups is 2. The van der Waals surface area contributed by atoms with Gasteiger partial charge in [-0.1, -0.05) is 99.3 Å². The molecule has 3 aromatic rings. The molecule has 0 spiro atoms. The summed E-state index contributed by atoms with van der Waals surface area (Å²) in [6.07, 6.45) is 12.9. The highest BCUT2D eigenvalue weighted by Crippen LogP contribution is 2.20. The Bertz CT molecular complexity index is 1180. The average Bonchev–Trinajstić information content (AvgIpc) is 3.43. The van der Waals surface area contributed by atoms with Crippen LogP contribution in [0.3, 0.4) is 0 Å². The van der Waals surface area contributed by atoms with Crippen LogP contribution in [0.4, 0.5) is 0 Å². The van der Waals surface area contributed by atoms with E-state index in [9.17, 15) is 9.59 Å². The van der Waals surface area contributed by atoms with Gasteiger partial charge in [0.05, 0.1) is 6.61 Å². The van der Waals surface area contributed by atoms with Gasteiger partial charge in [0.1, 0.15) is 0 Å². The molecule has 0 bridgehead atoms. The third-order valence-corrected chi connectivity index (χ3v) is 7.08. The highest BCUT2D eigenvalue weighted by Gasteiger charge is 2.23. The van der Waals surface area contributed by atoms with Crippen LogP contribution in [-0.2, 0) is 33.7 Å². The summed E-state index contributed by atoms with van der Waals surface area (Å²) in [5.41, 5.74) is 2.68. The molecular weight excluding hydrogens is 526 g/mol. The molecule has 1 aromatic heterocycles. The number of unbranched alkanes of at least 4 members (excludes halogenated alkanes) is 8. The number of aryl methyl sites for hydroxylation is 1. The number of carbonyl (C=O) groups excluding carboxylic acids is 2. The molecule has 2 aromatic carbocycles. The first-order valence-electron chi connectivity index (χ1n) is 14.6. The summed E-state index contributed by atoms with van der Waals surface area (Å²) >= 11 is 6.10. The zero-order valence-electron chi connectivity index (χ0n) is 23.9. The van der Waals surface area contributed by atoms with Gasteiger partial charge in [-0.05, 0) is 55.2 Å². The minimum absolute atomic E-state index is 0.146. The number of amides is 1. The van der Waals surface area contributed by atoms with Gasteiger partial charge in [-0.2, -0.15) is 4.98 Å². The lowest BCUT2D eigenvalue weighted by Gasteiger charge is -2.22. The minimum atomic E-state index is -0.851. The Morgan fingerprint density at radius 3 is 2.25 bits per heavy atom. The maximum Gasteiger partial charge on any atom is 0.397 e. The number of halogens is 1. The molecule has 3 rings (SSSR count). The molecule has 1 amide bonds. The number of hydrogen-bond donors (Lipinski definition) is 0. The molecule has 0 saturated heterocycles. The summed E-state index contributed by atoms with van der Waals surface area (Å²) in [6, 6.07) is 15.1. The van der Waals surface area contributed by atoms with Crippen molar-refractivity contribution >= 4 is 23.5 Å². The number of esters is 1. The number of benzene rings is 2. The maximum absolute atomic E-state index is 12.8. The highest BCUT2D eigenvalue weighted by atomic mass is 35.5. The molecule has 0 radical (unpaired) electrons. The van der Waals surface area contributed by atoms with Crippen molar-refractivity contribution in [1.82, 2.24) is 15.0 Å². The van der Waals surface area contributed by atoms with Crippen molar-refractivity contribution in [3.05, 3.63) is 70.5 Å². The molecule has 40 heavy (non-hydrogen) atoms. The standard InChI is InChI=1S/C32H42ClN3O4/c1-3-5-6-7-8-9-10-11-12-16-29-34-30(40-35-29)27-19-17-26(18-20-27)24-36(31(37)32(38)39-4-2)22-21-25-14-13-15-28(33)23-25/h13-15,17-20,23H,3-12,16,21-22,24H2,1-2H3. The van der Waals surface area contributed by atoms with Crippen LogP contribution in [0.2, 0.25) is 5.02 Å². The van der Waals surface area contributed by atoms with E-state index in [4.69, 9.17) is 20.9 Å². The van der Waals surface area contributed by atoms with Crippen molar-refractivity contribution in [3.8, 4) is 11.5 Å². The van der Waals surface area contributed by atoms with Gasteiger partial charge >= 0.3 is 11.9 Å². The van der Waals surface area contributed by atoms with Crippen LogP contribution in [0.15, 0.2) is 53.1 Å². The van der Waals surface area contributed by atoms with Crippen LogP contribution >= 0.6 is 11.6 Å². The summed E-state index contributed by atoms with van der Waals surface area (Å²) in [7, 11) is 0. The molecule has 0 aliphatic carbocycles. The zero-order chi connectivity index (χ0) is 28.6. The van der Waals surface area contributed by atoms with Crippen molar-refractivity contribution in [2.75, 3.05) is 13.2 Å². The van der Waals surface area contributed by atoms with Gasteiger partial charge in [-0.15, -0.1) is 0 Å². The van der Waals surface area contributed by atoms with Crippen molar-refractivity contribution in [3.63, 3.8) is 0 Å². The predicted molar refractivity (Wildman–Crippen MR) is 158 cm³/mol. The fourth-order valence-electron chi connectivity index (χ4n) is 4.57. The van der Waals surface area contributed by atoms with E-state index in [0.717, 1.165) is 35.4 Å². The average molecular weight is 568 g/mol. The molecule has 0 atom stereocenters. The monoisotopic (exact) mass is 567 g/mol. The van der Waals surface area contributed by atoms with Crippen LogP contribution in [-0.4, -0.2) is 40.1 Å². The van der Waals surface area contributed by atoms with Crippen molar-refractivity contribution in [2.24, 2.45) is 0 Å². The molecule has 7 nitrogen and oxygen atoms in total. The molecule has 0 saturated carbocycles. The summed E-state index contributed by atoms with van der Waals surface area (Å²) in [6.45, 7) is 4.70. The fourth-order valence-corrected chi connectivity index (χ4v) is 4.78. The lowest BCUT2D eigenvalue weighted by atomic mass is 10.1. The van der Waals surface area contributed by atoms with Gasteiger partial charge < -0.3 is 14.2 Å². The molecule has 0 aliphatic rings. The van der Waals surface area contributed by atoms with E-state index in [0.29, 0.717) is 23.9 Å². The molecule has 8 heteroatoms. The van der Waals surface area contributed by atoms with Gasteiger partial charge in [0, 0.05) is 30.1 Å². The third-order valence-electron chi connectivity index (χ3n) is 6.84. The number of ether oxygens (including phenoxy) is 1. The van der Waals surface area contributed by atoms with E-state index in [1.165, 1.54) is 56.3 Å². The van der Waals surface area contributed by atoms with Crippen LogP contribution in [0, 0.1) is 0 Å². The quantitative estimate of drug-likeness (QED) is 0.0948. The van der Waals surface area contributed by atoms with Gasteiger partial charge in [-0.25, -0.2) is 4.79 Å². The normalized spacial score (nSPS) is 11.0. The fraction of sp³-hybridized carbons (Fsp3) is 0.500. The summed E-state index contributed by atoms with van der Waals surface area (Å²) in [5.74, 6) is -0.297. The van der Waals surface area contributed by atoms with Crippen LogP contribution in [0.1, 0.15) is 88.6 Å². The predicted octanol–water partition coefficient (Wildman–Crippen LogP) is 7.60. The molecular formula is C32H42ClN3O4. The summed E-state index contributed by atoms with van der Waals surface area (Å²) < 4.78 is 10.5. The van der Waals surface area contributed by atoms with Crippen LogP contribution in [0.25, 0.3) is 11.5 Å². The molecule has 0 fully saturated rings. The summed E-state index contributed by atoms with van der Waals surface area (Å²) in [5, 5.41) is 4.78. The van der Waals surface area contributed by atoms with E-state index < -0.39 is 11.9 Å². The molecule has 1 heterocycles. The van der Waals surface area contributed by atoms with Gasteiger partial charge in [0.2, 0.25) is 0 Å². The smallest absolute Gasteiger partial charge is 0.397 e. The first kappa shape index (κ1) is 31.3. The second-order valence-corrected chi connectivity index (χ2v) is 10.6. The van der Waals surface area contributed by atoms with E-state index in [-0.39, 0.29) is 13.2 Å². The Morgan fingerprint density at radius 1 is 0.875 bits per heavy atom. The van der Waals surface area contributed by atoms with Crippen LogP contribution in [0.5, 0.6) is 0 Å². The molecule has 216 valence electrons. The Labute approximate surface area is 243 Å². The second kappa shape index (κ2) is 17.5. The van der Waals surface area contributed by atoms with E-state index in [2.05, 4.69) is 17.1 Å². The van der Waals surface area contributed by atoms with Crippen molar-refractivity contribution in [1.29, 1.82) is 0 Å². The maximum atomic E-state index is 12.8. The summed E-state index contributed by atoms with van der Waals surface area (Å²) in [4.78, 5) is 31.1. The van der Waals surface area contributed by atoms with Crippen molar-refractivity contribution < 1.29 is 18.8 Å². The Morgan fingerprint density at radius 2 is 1.57 bits per heavy atom. The topological polar surface area (TPSA) is 85.5 Å². The Hall–Kier alpha value is -3.19. The molecule has 0 aliphatic heterocycles. The number of nitrogens with zero attached hydrogens (tertiary/aromatic N) is 3. The SMILES string of the molecule is CCCCCCCCCCCc1noc(-c2ccc(CN(CCc3cccc(Cl)c3)C(=O)C(=O)OCC)cc2)n1. The lowest BCUT2D eigenvalue weighted by Crippen LogP contribution is -2.38. The number of hydrogen-bond acceptors (Lipinski definition) is 6. The van der Waals surface area contributed by atoms with E-state index >= 15 is 0 Å². The highest BCUT2D eigenvalue weighted by molar-refractivity contribution is 6.32. The van der Waals surface area contributed by atoms with Crippen molar-refractivity contribution in [2.45, 2.75) is 91.0 Å². The largest absolute Gasteiger partial charge is 0.459 e. The number of rotatable bonds is 17. The van der Waals surface area contributed by atoms with Gasteiger partial charge in [0.25, 0.3) is 5.89 Å². The third kappa shape index (κ3) is 10.8. The van der Waals surface area contributed by atoms with E-state index in [1.54, 1.807) is 13.0 Å². The Kier molecular flexibility index (Phi) is 13.7. The van der Waals surface area contributed by atoms with E-state index in [1.807, 2.05) is 42.5 Å². The second-order valence-electron chi connectivity index (χ2n) is 10.1. The zero-order valence-corrected chi connectivity index (χ0v) is 24.6.